The van der Waals surface area contributed by atoms with E-state index in [0.717, 1.165) is 86.3 Å². The Morgan fingerprint density at radius 3 is 1.40 bits per heavy atom. The van der Waals surface area contributed by atoms with E-state index in [1.807, 2.05) is 12.1 Å². The predicted octanol–water partition coefficient (Wildman–Crippen LogP) is 14.0. The lowest BCUT2D eigenvalue weighted by Crippen LogP contribution is -2.46. The summed E-state index contributed by atoms with van der Waals surface area (Å²) < 4.78 is 163. The zero-order valence-electron chi connectivity index (χ0n) is 46.6. The second-order valence-corrected chi connectivity index (χ2v) is 27.4. The van der Waals surface area contributed by atoms with Gasteiger partial charge in [-0.3, -0.25) is 9.97 Å². The highest BCUT2D eigenvalue weighted by Gasteiger charge is 2.46. The molecule has 8 aromatic rings. The van der Waals surface area contributed by atoms with E-state index in [2.05, 4.69) is 34.5 Å². The first-order valence-electron chi connectivity index (χ1n) is 28.9. The topological polar surface area (TPSA) is 221 Å². The van der Waals surface area contributed by atoms with Crippen LogP contribution in [0.3, 0.4) is 0 Å². The van der Waals surface area contributed by atoms with Crippen LogP contribution in [0.15, 0.2) is 140 Å². The lowest BCUT2D eigenvalue weighted by atomic mass is 9.83. The number of halogens is 7. The molecule has 0 saturated heterocycles. The number of hydrogen-bond acceptors (Lipinski definition) is 15. The van der Waals surface area contributed by atoms with E-state index in [-0.39, 0.29) is 99.3 Å². The molecule has 4 aromatic carbocycles. The Morgan fingerprint density at radius 1 is 0.540 bits per heavy atom. The summed E-state index contributed by atoms with van der Waals surface area (Å²) >= 11 is 0. The van der Waals surface area contributed by atoms with Crippen molar-refractivity contribution in [3.63, 3.8) is 0 Å². The second kappa shape index (κ2) is 24.7. The molecule has 87 heavy (non-hydrogen) atoms. The van der Waals surface area contributed by atoms with Gasteiger partial charge in [0.05, 0.1) is 36.5 Å². The zero-order valence-corrected chi connectivity index (χ0v) is 49.0. The standard InChI is InChI=1S/C31H30F3N3O5S.C22H25F3N2O3.C9H6ClNO2S/c32-31(33,34)41-25-8-2-1-7-23(25)29-24(30(42-36-29)19-10-11-19)17-40-22-15-20-12-13-21(16-22)27(20)37-43(38,39)26-9-3-5-18-6-4-14-35-28(18)26;23-22(24,25)29-18-4-2-1-3-16(18)20-17(21(30-27-20)12-5-6-12)11-28-15-9-13-7-8-14(10-15)19(13)26;10-14(12,13)8-5-1-3-7-4-2-6-11-9(7)8/h1-9,14,19-22,27,37H,10-13,15-17H2;1-4,12-15,19H,5-11,26H2;1-6H. The fourth-order valence-corrected chi connectivity index (χ4v) is 15.7. The van der Waals surface area contributed by atoms with Crippen LogP contribution in [0.5, 0.6) is 11.5 Å². The Labute approximate surface area is 501 Å². The van der Waals surface area contributed by atoms with Gasteiger partial charge in [0.1, 0.15) is 44.2 Å². The van der Waals surface area contributed by atoms with Gasteiger partial charge in [-0.2, -0.15) is 0 Å². The molecule has 6 aliphatic rings. The zero-order chi connectivity index (χ0) is 60.8. The summed E-state index contributed by atoms with van der Waals surface area (Å²) in [5, 5.41) is 9.82. The number of fused-ring (bicyclic) bond motifs is 6. The highest BCUT2D eigenvalue weighted by molar-refractivity contribution is 8.14. The molecule has 16 nitrogen and oxygen atoms in total. The smallest absolute Gasteiger partial charge is 0.405 e. The Balaban J connectivity index is 0.000000144. The third kappa shape index (κ3) is 14.0. The molecule has 6 saturated carbocycles. The van der Waals surface area contributed by atoms with E-state index in [4.69, 9.17) is 34.9 Å². The Bertz CT molecular complexity index is 3970. The average molecular weight is 1260 g/mol. The van der Waals surface area contributed by atoms with Gasteiger partial charge in [-0.05, 0) is 149 Å². The quantitative estimate of drug-likeness (QED) is 0.0678. The summed E-state index contributed by atoms with van der Waals surface area (Å²) in [7, 11) is -2.26. The molecule has 0 spiro atoms. The minimum absolute atomic E-state index is 0.0530. The number of pyridine rings is 2. The number of aromatic nitrogens is 4. The first-order valence-corrected chi connectivity index (χ1v) is 32.7. The van der Waals surface area contributed by atoms with Crippen LogP contribution >= 0.6 is 10.7 Å². The van der Waals surface area contributed by atoms with Crippen molar-refractivity contribution in [1.29, 1.82) is 0 Å². The molecule has 0 aliphatic heterocycles. The largest absolute Gasteiger partial charge is 0.573 e. The molecule has 6 fully saturated rings. The van der Waals surface area contributed by atoms with Crippen molar-refractivity contribution in [1.82, 2.24) is 25.0 Å². The van der Waals surface area contributed by atoms with Gasteiger partial charge >= 0.3 is 12.7 Å². The fourth-order valence-electron chi connectivity index (χ4n) is 13.1. The minimum atomic E-state index is -4.85. The highest BCUT2D eigenvalue weighted by atomic mass is 35.7. The summed E-state index contributed by atoms with van der Waals surface area (Å²) in [4.78, 5) is 8.52. The number of alkyl halides is 6. The average Bonchev–Trinajstić information content (AvgIpc) is 2.53. The predicted molar refractivity (Wildman–Crippen MR) is 308 cm³/mol. The molecule has 6 aliphatic carbocycles. The normalized spacial score (nSPS) is 23.6. The molecule has 3 N–H and O–H groups in total. The van der Waals surface area contributed by atoms with Crippen LogP contribution in [0.2, 0.25) is 0 Å². The number of nitrogens with zero attached hydrogens (tertiary/aromatic N) is 4. The number of nitrogens with two attached hydrogens (primary N) is 1. The van der Waals surface area contributed by atoms with Crippen LogP contribution in [-0.4, -0.2) is 74.1 Å². The summed E-state index contributed by atoms with van der Waals surface area (Å²) in [6.45, 7) is 0.400. The summed E-state index contributed by atoms with van der Waals surface area (Å²) in [6, 6.07) is 29.1. The number of para-hydroxylation sites is 4. The Hall–Kier alpha value is -6.67. The number of ether oxygens (including phenoxy) is 4. The molecular formula is C62H61ClF6N6O10S2. The Morgan fingerprint density at radius 2 is 0.954 bits per heavy atom. The van der Waals surface area contributed by atoms with Crippen molar-refractivity contribution in [2.45, 2.75) is 149 Å². The summed E-state index contributed by atoms with van der Waals surface area (Å²) in [6.07, 6.45) is 4.59. The van der Waals surface area contributed by atoms with Crippen LogP contribution in [0.4, 0.5) is 26.3 Å². The number of hydrogen-bond donors (Lipinski definition) is 2. The minimum Gasteiger partial charge on any atom is -0.405 e. The number of sulfonamides is 1. The molecule has 4 unspecified atom stereocenters. The molecule has 460 valence electrons. The third-order valence-corrected chi connectivity index (χ3v) is 20.3. The third-order valence-electron chi connectivity index (χ3n) is 17.4. The monoisotopic (exact) mass is 1260 g/mol. The van der Waals surface area contributed by atoms with E-state index in [1.165, 1.54) is 42.6 Å². The maximum absolute atomic E-state index is 13.5. The second-order valence-electron chi connectivity index (χ2n) is 23.2. The van der Waals surface area contributed by atoms with Gasteiger partial charge in [0.2, 0.25) is 10.0 Å². The lowest BCUT2D eigenvalue weighted by molar-refractivity contribution is -0.275. The number of rotatable bonds is 16. The number of nitrogens with one attached hydrogen (secondary N) is 1. The van der Waals surface area contributed by atoms with Crippen LogP contribution in [0.1, 0.15) is 112 Å². The molecule has 0 radical (unpaired) electrons. The van der Waals surface area contributed by atoms with E-state index in [1.54, 1.807) is 66.9 Å². The van der Waals surface area contributed by atoms with E-state index < -0.39 is 31.8 Å². The first kappa shape index (κ1) is 60.6. The van der Waals surface area contributed by atoms with Crippen molar-refractivity contribution in [2.24, 2.45) is 29.4 Å². The molecule has 4 aromatic heterocycles. The maximum atomic E-state index is 13.5. The van der Waals surface area contributed by atoms with Crippen molar-refractivity contribution in [3.05, 3.63) is 144 Å². The van der Waals surface area contributed by atoms with Crippen LogP contribution in [-0.2, 0) is 41.8 Å². The molecule has 4 heterocycles. The van der Waals surface area contributed by atoms with Crippen molar-refractivity contribution < 1.29 is 71.2 Å². The van der Waals surface area contributed by atoms with Gasteiger partial charge in [0.15, 0.2) is 0 Å². The number of benzene rings is 4. The van der Waals surface area contributed by atoms with Crippen molar-refractivity contribution in [2.75, 3.05) is 0 Å². The van der Waals surface area contributed by atoms with Crippen LogP contribution in [0, 0.1) is 23.7 Å². The van der Waals surface area contributed by atoms with Gasteiger partial charge in [0, 0.05) is 80.0 Å². The van der Waals surface area contributed by atoms with E-state index in [9.17, 15) is 43.2 Å². The van der Waals surface area contributed by atoms with E-state index >= 15 is 0 Å². The van der Waals surface area contributed by atoms with Crippen LogP contribution in [0.25, 0.3) is 44.3 Å². The molecule has 4 atom stereocenters. The molecule has 4 bridgehead atoms. The molecule has 14 rings (SSSR count). The molecule has 25 heteroatoms. The van der Waals surface area contributed by atoms with Crippen molar-refractivity contribution in [3.8, 4) is 34.0 Å². The van der Waals surface area contributed by atoms with Gasteiger partial charge in [-0.15, -0.1) is 26.3 Å². The van der Waals surface area contributed by atoms with Gasteiger partial charge in [-0.1, -0.05) is 71.0 Å². The fraction of sp³-hybridized carbons (Fsp3) is 0.419. The molecule has 0 amide bonds. The van der Waals surface area contributed by atoms with Gasteiger partial charge in [0.25, 0.3) is 9.05 Å². The van der Waals surface area contributed by atoms with E-state index in [0.29, 0.717) is 52.7 Å². The van der Waals surface area contributed by atoms with Gasteiger partial charge in [-0.25, -0.2) is 21.6 Å². The van der Waals surface area contributed by atoms with Crippen molar-refractivity contribution >= 4 is 51.6 Å². The lowest BCUT2D eigenvalue weighted by Gasteiger charge is -2.35. The SMILES string of the molecule is NC1C2CCC1CC(OCc1c(-c3ccccc3OC(F)(F)F)noc1C1CC1)C2.O=S(=O)(Cl)c1cccc2cccnc12.O=S(=O)(NC1C2CCC1CC(OCc1c(-c3ccccc3OC(F)(F)F)noc1C1CC1)C2)c1cccc2cccnc12. The Kier molecular flexibility index (Phi) is 17.2. The molecular weight excluding hydrogens is 1200 g/mol. The maximum Gasteiger partial charge on any atom is 0.573 e. The van der Waals surface area contributed by atoms with Crippen LogP contribution < -0.4 is 19.9 Å². The summed E-state index contributed by atoms with van der Waals surface area (Å²) in [5.74, 6) is 2.37. The highest BCUT2D eigenvalue weighted by Crippen LogP contribution is 2.50. The summed E-state index contributed by atoms with van der Waals surface area (Å²) in [5.41, 5.74) is 9.62. The van der Waals surface area contributed by atoms with Gasteiger partial charge < -0.3 is 33.7 Å². The first-order chi connectivity index (χ1) is 41.6.